The lowest BCUT2D eigenvalue weighted by molar-refractivity contribution is -0.178. The second kappa shape index (κ2) is 5.80. The number of hydrogen-bond acceptors (Lipinski definition) is 3. The molecule has 1 rings (SSSR count). The normalized spacial score (nSPS) is 16.2. The smallest absolute Gasteiger partial charge is 0.338 e. The van der Waals surface area contributed by atoms with Gasteiger partial charge >= 0.3 is 5.97 Å². The maximum absolute atomic E-state index is 11.1. The van der Waals surface area contributed by atoms with E-state index < -0.39 is 18.2 Å². The monoisotopic (exact) mass is 238 g/mol. The summed E-state index contributed by atoms with van der Waals surface area (Å²) >= 11 is 0. The highest BCUT2D eigenvalue weighted by Gasteiger charge is 2.36. The van der Waals surface area contributed by atoms with Crippen molar-refractivity contribution in [1.82, 2.24) is 0 Å². The zero-order chi connectivity index (χ0) is 12.9. The summed E-state index contributed by atoms with van der Waals surface area (Å²) in [6.07, 6.45) is 0.317. The molecule has 0 aromatic heterocycles. The molecule has 0 saturated heterocycles. The lowest BCUT2D eigenvalue weighted by Gasteiger charge is -2.28. The topological polar surface area (TPSA) is 66.8 Å². The molecule has 0 aliphatic carbocycles. The van der Waals surface area contributed by atoms with E-state index in [2.05, 4.69) is 0 Å². The van der Waals surface area contributed by atoms with Crippen LogP contribution in [0.25, 0.3) is 0 Å². The summed E-state index contributed by atoms with van der Waals surface area (Å²) in [6.45, 7) is 2.74. The van der Waals surface area contributed by atoms with Gasteiger partial charge in [0, 0.05) is 0 Å². The van der Waals surface area contributed by atoms with E-state index in [1.54, 1.807) is 0 Å². The van der Waals surface area contributed by atoms with Crippen molar-refractivity contribution in [2.24, 2.45) is 0 Å². The summed E-state index contributed by atoms with van der Waals surface area (Å²) in [4.78, 5) is 11.1. The fraction of sp³-hybridized carbons (Fsp3) is 0.462. The molecule has 1 aromatic rings. The van der Waals surface area contributed by atoms with E-state index in [4.69, 9.17) is 14.9 Å². The molecular weight excluding hydrogens is 220 g/mol. The summed E-state index contributed by atoms with van der Waals surface area (Å²) in [6, 6.07) is 9.40. The van der Waals surface area contributed by atoms with Gasteiger partial charge in [-0.25, -0.2) is 4.79 Å². The first-order valence-electron chi connectivity index (χ1n) is 5.60. The van der Waals surface area contributed by atoms with E-state index in [-0.39, 0.29) is 6.10 Å². The largest absolute Gasteiger partial charge is 0.479 e. The predicted molar refractivity (Wildman–Crippen MR) is 63.7 cm³/mol. The second-order valence-electron chi connectivity index (χ2n) is 4.12. The number of carboxylic acid groups (broad SMARTS) is 1. The van der Waals surface area contributed by atoms with Crippen molar-refractivity contribution in [3.8, 4) is 0 Å². The highest BCUT2D eigenvalue weighted by atomic mass is 16.5. The Morgan fingerprint density at radius 1 is 1.41 bits per heavy atom. The van der Waals surface area contributed by atoms with E-state index in [0.29, 0.717) is 6.42 Å². The van der Waals surface area contributed by atoms with Gasteiger partial charge in [-0.15, -0.1) is 0 Å². The van der Waals surface area contributed by atoms with E-state index in [0.717, 1.165) is 5.56 Å². The molecule has 4 heteroatoms. The molecule has 2 atom stereocenters. The number of aliphatic carboxylic acids is 1. The molecule has 0 bridgehead atoms. The van der Waals surface area contributed by atoms with Crippen LogP contribution in [0.5, 0.6) is 0 Å². The quantitative estimate of drug-likeness (QED) is 0.795. The van der Waals surface area contributed by atoms with Crippen molar-refractivity contribution >= 4 is 5.97 Å². The minimum atomic E-state index is -1.56. The van der Waals surface area contributed by atoms with Crippen molar-refractivity contribution in [2.45, 2.75) is 32.0 Å². The number of hydrogen-bond donors (Lipinski definition) is 2. The second-order valence-corrected chi connectivity index (χ2v) is 4.12. The molecule has 94 valence electrons. The van der Waals surface area contributed by atoms with Crippen LogP contribution in [-0.4, -0.2) is 28.4 Å². The molecule has 0 radical (unpaired) electrons. The third kappa shape index (κ3) is 3.28. The molecule has 17 heavy (non-hydrogen) atoms. The first kappa shape index (κ1) is 13.7. The van der Waals surface area contributed by atoms with E-state index >= 15 is 0 Å². The third-order valence-corrected chi connectivity index (χ3v) is 2.70. The van der Waals surface area contributed by atoms with Gasteiger partial charge in [-0.2, -0.15) is 0 Å². The fourth-order valence-electron chi connectivity index (χ4n) is 1.52. The molecule has 0 saturated carbocycles. The molecular formula is C13H18O4. The lowest BCUT2D eigenvalue weighted by Crippen LogP contribution is -2.43. The molecule has 2 N–H and O–H groups in total. The molecule has 0 spiro atoms. The van der Waals surface area contributed by atoms with Crippen LogP contribution >= 0.6 is 0 Å². The number of carbonyl (C=O) groups is 1. The minimum Gasteiger partial charge on any atom is -0.479 e. The van der Waals surface area contributed by atoms with Crippen LogP contribution in [0.15, 0.2) is 30.3 Å². The number of aliphatic hydroxyl groups excluding tert-OH is 1. The zero-order valence-corrected chi connectivity index (χ0v) is 10.1. The van der Waals surface area contributed by atoms with Crippen LogP contribution in [0.1, 0.15) is 31.9 Å². The van der Waals surface area contributed by atoms with Crippen molar-refractivity contribution in [2.75, 3.05) is 6.61 Å². The van der Waals surface area contributed by atoms with Crippen molar-refractivity contribution in [3.63, 3.8) is 0 Å². The van der Waals surface area contributed by atoms with Crippen molar-refractivity contribution in [1.29, 1.82) is 0 Å². The molecule has 2 unspecified atom stereocenters. The average Bonchev–Trinajstić information content (AvgIpc) is 2.36. The Balaban J connectivity index is 2.87. The molecule has 0 aliphatic rings. The van der Waals surface area contributed by atoms with Gasteiger partial charge in [0.1, 0.15) is 0 Å². The number of ether oxygens (including phenoxy) is 1. The molecule has 0 aliphatic heterocycles. The molecule has 1 aromatic carbocycles. The summed E-state index contributed by atoms with van der Waals surface area (Å²) in [5.41, 5.74) is -0.646. The van der Waals surface area contributed by atoms with Gasteiger partial charge in [0.25, 0.3) is 0 Å². The van der Waals surface area contributed by atoms with Gasteiger partial charge in [-0.1, -0.05) is 37.3 Å². The number of aliphatic hydroxyl groups is 1. The van der Waals surface area contributed by atoms with Crippen LogP contribution in [0.2, 0.25) is 0 Å². The van der Waals surface area contributed by atoms with Gasteiger partial charge in [-0.05, 0) is 18.9 Å². The Bertz CT molecular complexity index is 363. The Morgan fingerprint density at radius 3 is 2.41 bits per heavy atom. The Kier molecular flexibility index (Phi) is 4.66. The number of benzene rings is 1. The summed E-state index contributed by atoms with van der Waals surface area (Å²) in [5.74, 6) is -1.16. The lowest BCUT2D eigenvalue weighted by atomic mass is 10.0. The molecule has 0 heterocycles. The first-order valence-corrected chi connectivity index (χ1v) is 5.60. The highest BCUT2D eigenvalue weighted by molar-refractivity contribution is 5.77. The average molecular weight is 238 g/mol. The number of carboxylic acids is 1. The van der Waals surface area contributed by atoms with Gasteiger partial charge in [0.2, 0.25) is 0 Å². The Hall–Kier alpha value is -1.39. The third-order valence-electron chi connectivity index (χ3n) is 2.70. The van der Waals surface area contributed by atoms with Gasteiger partial charge in [0.05, 0.1) is 12.7 Å². The SMILES string of the molecule is CCC(OC(C)(CO)C(=O)O)c1ccccc1. The standard InChI is InChI=1S/C13H18O4/c1-3-11(10-7-5-4-6-8-10)17-13(2,9-14)12(15)16/h4-8,11,14H,3,9H2,1-2H3,(H,15,16). The van der Waals surface area contributed by atoms with Crippen LogP contribution in [0.4, 0.5) is 0 Å². The maximum Gasteiger partial charge on any atom is 0.338 e. The number of rotatable bonds is 6. The van der Waals surface area contributed by atoms with Gasteiger partial charge < -0.3 is 14.9 Å². The van der Waals surface area contributed by atoms with Gasteiger partial charge in [-0.3, -0.25) is 0 Å². The van der Waals surface area contributed by atoms with E-state index in [9.17, 15) is 4.79 Å². The minimum absolute atomic E-state index is 0.329. The van der Waals surface area contributed by atoms with Gasteiger partial charge in [0.15, 0.2) is 5.60 Å². The summed E-state index contributed by atoms with van der Waals surface area (Å²) < 4.78 is 5.53. The van der Waals surface area contributed by atoms with E-state index in [1.165, 1.54) is 6.92 Å². The Morgan fingerprint density at radius 2 is 2.00 bits per heavy atom. The van der Waals surface area contributed by atoms with Crippen LogP contribution < -0.4 is 0 Å². The predicted octanol–water partition coefficient (Wildman–Crippen LogP) is 1.99. The highest BCUT2D eigenvalue weighted by Crippen LogP contribution is 2.27. The molecule has 4 nitrogen and oxygen atoms in total. The van der Waals surface area contributed by atoms with Crippen LogP contribution in [-0.2, 0) is 9.53 Å². The first-order chi connectivity index (χ1) is 8.03. The van der Waals surface area contributed by atoms with E-state index in [1.807, 2.05) is 37.3 Å². The zero-order valence-electron chi connectivity index (χ0n) is 10.1. The maximum atomic E-state index is 11.1. The van der Waals surface area contributed by atoms with Crippen molar-refractivity contribution in [3.05, 3.63) is 35.9 Å². The van der Waals surface area contributed by atoms with Crippen LogP contribution in [0.3, 0.4) is 0 Å². The molecule has 0 amide bonds. The summed E-state index contributed by atoms with van der Waals surface area (Å²) in [7, 11) is 0. The Labute approximate surface area is 101 Å². The van der Waals surface area contributed by atoms with Crippen molar-refractivity contribution < 1.29 is 19.7 Å². The molecule has 0 fully saturated rings. The fourth-order valence-corrected chi connectivity index (χ4v) is 1.52. The van der Waals surface area contributed by atoms with Crippen LogP contribution in [0, 0.1) is 0 Å². The summed E-state index contributed by atoms with van der Waals surface area (Å²) in [5, 5.41) is 18.2.